The number of fused-ring (bicyclic) bond motifs is 1. The van der Waals surface area contributed by atoms with E-state index in [9.17, 15) is 18.4 Å². The van der Waals surface area contributed by atoms with E-state index >= 15 is 0 Å². The summed E-state index contributed by atoms with van der Waals surface area (Å²) in [6.07, 6.45) is 0.663. The van der Waals surface area contributed by atoms with Crippen molar-refractivity contribution >= 4 is 11.8 Å². The molecule has 0 aliphatic carbocycles. The quantitative estimate of drug-likeness (QED) is 0.756. The molecule has 1 aromatic carbocycles. The lowest BCUT2D eigenvalue weighted by molar-refractivity contribution is 0.0596. The average molecular weight is 252 g/mol. The molecule has 4 nitrogen and oxygen atoms in total. The lowest BCUT2D eigenvalue weighted by Crippen LogP contribution is -2.41. The van der Waals surface area contributed by atoms with E-state index in [1.165, 1.54) is 0 Å². The van der Waals surface area contributed by atoms with Crippen molar-refractivity contribution in [1.82, 2.24) is 10.2 Å². The summed E-state index contributed by atoms with van der Waals surface area (Å²) >= 11 is 0. The molecule has 2 aliphatic heterocycles. The molecule has 0 aromatic heterocycles. The minimum Gasteiger partial charge on any atom is -0.315 e. The molecule has 6 heteroatoms. The Hall–Kier alpha value is -1.82. The first-order chi connectivity index (χ1) is 8.59. The van der Waals surface area contributed by atoms with Crippen LogP contribution < -0.4 is 5.32 Å². The molecule has 1 fully saturated rings. The van der Waals surface area contributed by atoms with Gasteiger partial charge in [-0.25, -0.2) is 8.78 Å². The van der Waals surface area contributed by atoms with E-state index in [0.717, 1.165) is 23.6 Å². The smallest absolute Gasteiger partial charge is 0.261 e. The number of carbonyl (C=O) groups is 2. The van der Waals surface area contributed by atoms with Crippen LogP contribution in [0.2, 0.25) is 0 Å². The summed E-state index contributed by atoms with van der Waals surface area (Å²) in [6, 6.07) is 1.36. The Balaban J connectivity index is 2.05. The molecule has 1 saturated heterocycles. The molecule has 94 valence electrons. The fourth-order valence-electron chi connectivity index (χ4n) is 2.44. The lowest BCUT2D eigenvalue weighted by Gasteiger charge is -2.20. The molecule has 0 saturated carbocycles. The third-order valence-corrected chi connectivity index (χ3v) is 3.36. The Labute approximate surface area is 102 Å². The van der Waals surface area contributed by atoms with Crippen LogP contribution in [0.15, 0.2) is 12.1 Å². The van der Waals surface area contributed by atoms with E-state index < -0.39 is 23.4 Å². The predicted molar refractivity (Wildman–Crippen MR) is 58.1 cm³/mol. The highest BCUT2D eigenvalue weighted by molar-refractivity contribution is 6.21. The van der Waals surface area contributed by atoms with Crippen molar-refractivity contribution in [2.45, 2.75) is 12.5 Å². The SMILES string of the molecule is O=C1c2cc(F)c(F)cc2C(=O)N1C1CCNC1. The number of hydrogen-bond acceptors (Lipinski definition) is 3. The van der Waals surface area contributed by atoms with Crippen LogP contribution in [0.5, 0.6) is 0 Å². The molecular weight excluding hydrogens is 242 g/mol. The second-order valence-electron chi connectivity index (χ2n) is 4.44. The minimum atomic E-state index is -1.11. The summed E-state index contributed by atoms with van der Waals surface area (Å²) in [6.45, 7) is 1.25. The second-order valence-corrected chi connectivity index (χ2v) is 4.44. The molecule has 2 aliphatic rings. The fourth-order valence-corrected chi connectivity index (χ4v) is 2.44. The van der Waals surface area contributed by atoms with Gasteiger partial charge in [0, 0.05) is 6.54 Å². The zero-order valence-electron chi connectivity index (χ0n) is 9.37. The van der Waals surface area contributed by atoms with Gasteiger partial charge in [0.25, 0.3) is 11.8 Å². The first-order valence-corrected chi connectivity index (χ1v) is 5.67. The van der Waals surface area contributed by atoms with Gasteiger partial charge in [0.1, 0.15) is 0 Å². The minimum absolute atomic E-state index is 0.0502. The van der Waals surface area contributed by atoms with E-state index in [0.29, 0.717) is 13.0 Å². The van der Waals surface area contributed by atoms with Crippen molar-refractivity contribution in [3.05, 3.63) is 34.9 Å². The number of rotatable bonds is 1. The Morgan fingerprint density at radius 3 is 2.11 bits per heavy atom. The van der Waals surface area contributed by atoms with Crippen LogP contribution in [-0.4, -0.2) is 35.8 Å². The van der Waals surface area contributed by atoms with Gasteiger partial charge in [0.2, 0.25) is 0 Å². The number of nitrogens with one attached hydrogen (secondary N) is 1. The van der Waals surface area contributed by atoms with Gasteiger partial charge in [0.05, 0.1) is 17.2 Å². The Kier molecular flexibility index (Phi) is 2.41. The first-order valence-electron chi connectivity index (χ1n) is 5.67. The maximum Gasteiger partial charge on any atom is 0.261 e. The normalized spacial score (nSPS) is 22.8. The average Bonchev–Trinajstić information content (AvgIpc) is 2.91. The molecule has 1 atom stereocenters. The van der Waals surface area contributed by atoms with Crippen molar-refractivity contribution in [1.29, 1.82) is 0 Å². The molecule has 1 unspecified atom stereocenters. The summed E-state index contributed by atoms with van der Waals surface area (Å²) in [5.74, 6) is -3.30. The van der Waals surface area contributed by atoms with Crippen molar-refractivity contribution in [2.75, 3.05) is 13.1 Å². The highest BCUT2D eigenvalue weighted by Gasteiger charge is 2.41. The number of amides is 2. The van der Waals surface area contributed by atoms with Crippen LogP contribution in [0.3, 0.4) is 0 Å². The summed E-state index contributed by atoms with van der Waals surface area (Å²) in [5, 5.41) is 3.05. The van der Waals surface area contributed by atoms with E-state index in [1.807, 2.05) is 0 Å². The van der Waals surface area contributed by atoms with Crippen LogP contribution in [0, 0.1) is 11.6 Å². The molecule has 0 radical (unpaired) electrons. The summed E-state index contributed by atoms with van der Waals surface area (Å²) < 4.78 is 26.2. The van der Waals surface area contributed by atoms with Crippen molar-refractivity contribution in [3.63, 3.8) is 0 Å². The highest BCUT2D eigenvalue weighted by Crippen LogP contribution is 2.28. The number of benzene rings is 1. The van der Waals surface area contributed by atoms with Gasteiger partial charge in [-0.3, -0.25) is 14.5 Å². The Bertz CT molecular complexity index is 512. The number of imide groups is 1. The van der Waals surface area contributed by atoms with Gasteiger partial charge >= 0.3 is 0 Å². The number of nitrogens with zero attached hydrogens (tertiary/aromatic N) is 1. The predicted octanol–water partition coefficient (Wildman–Crippen LogP) is 0.923. The maximum absolute atomic E-state index is 13.1. The van der Waals surface area contributed by atoms with Gasteiger partial charge in [-0.2, -0.15) is 0 Å². The second kappa shape index (κ2) is 3.84. The zero-order valence-corrected chi connectivity index (χ0v) is 9.37. The Morgan fingerprint density at radius 1 is 1.11 bits per heavy atom. The largest absolute Gasteiger partial charge is 0.315 e. The van der Waals surface area contributed by atoms with E-state index in [4.69, 9.17) is 0 Å². The van der Waals surface area contributed by atoms with E-state index in [2.05, 4.69) is 5.32 Å². The molecule has 1 N–H and O–H groups in total. The van der Waals surface area contributed by atoms with Crippen LogP contribution in [0.25, 0.3) is 0 Å². The van der Waals surface area contributed by atoms with Crippen molar-refractivity contribution < 1.29 is 18.4 Å². The molecular formula is C12H10F2N2O2. The number of halogens is 2. The topological polar surface area (TPSA) is 49.4 Å². The molecule has 3 rings (SSSR count). The van der Waals surface area contributed by atoms with Gasteiger partial charge in [-0.1, -0.05) is 0 Å². The molecule has 2 amide bonds. The van der Waals surface area contributed by atoms with Gasteiger partial charge < -0.3 is 5.32 Å². The van der Waals surface area contributed by atoms with Crippen molar-refractivity contribution in [2.24, 2.45) is 0 Å². The van der Waals surface area contributed by atoms with Crippen LogP contribution in [0.4, 0.5) is 8.78 Å². The summed E-state index contributed by atoms with van der Waals surface area (Å²) in [7, 11) is 0. The van der Waals surface area contributed by atoms with Crippen LogP contribution in [-0.2, 0) is 0 Å². The Morgan fingerprint density at radius 2 is 1.67 bits per heavy atom. The maximum atomic E-state index is 13.1. The fraction of sp³-hybridized carbons (Fsp3) is 0.333. The third-order valence-electron chi connectivity index (χ3n) is 3.36. The lowest BCUT2D eigenvalue weighted by atomic mass is 10.1. The van der Waals surface area contributed by atoms with Crippen LogP contribution >= 0.6 is 0 Å². The summed E-state index contributed by atoms with van der Waals surface area (Å²) in [5.41, 5.74) is -0.100. The molecule has 18 heavy (non-hydrogen) atoms. The zero-order chi connectivity index (χ0) is 12.9. The van der Waals surface area contributed by atoms with Gasteiger partial charge in [0.15, 0.2) is 11.6 Å². The first kappa shape index (κ1) is 11.3. The third kappa shape index (κ3) is 1.45. The number of carbonyl (C=O) groups excluding carboxylic acids is 2. The monoisotopic (exact) mass is 252 g/mol. The standard InChI is InChI=1S/C12H10F2N2O2/c13-9-3-7-8(4-10(9)14)12(18)16(11(7)17)6-1-2-15-5-6/h3-4,6,15H,1-2,5H2. The highest BCUT2D eigenvalue weighted by atomic mass is 19.2. The van der Waals surface area contributed by atoms with E-state index in [1.54, 1.807) is 0 Å². The van der Waals surface area contributed by atoms with Gasteiger partial charge in [-0.15, -0.1) is 0 Å². The number of hydrogen-bond donors (Lipinski definition) is 1. The molecule has 0 bridgehead atoms. The molecule has 2 heterocycles. The van der Waals surface area contributed by atoms with Crippen molar-refractivity contribution in [3.8, 4) is 0 Å². The summed E-state index contributed by atoms with van der Waals surface area (Å²) in [4.78, 5) is 25.2. The molecule has 1 aromatic rings. The van der Waals surface area contributed by atoms with Gasteiger partial charge in [-0.05, 0) is 25.1 Å². The van der Waals surface area contributed by atoms with E-state index in [-0.39, 0.29) is 17.2 Å². The van der Waals surface area contributed by atoms with Crippen LogP contribution in [0.1, 0.15) is 27.1 Å². The molecule has 0 spiro atoms.